The van der Waals surface area contributed by atoms with E-state index < -0.39 is 29.6 Å². The van der Waals surface area contributed by atoms with Crippen LogP contribution >= 0.6 is 0 Å². The number of amides is 3. The van der Waals surface area contributed by atoms with Gasteiger partial charge in [-0.2, -0.15) is 0 Å². The maximum atomic E-state index is 14.1. The molecule has 2 bridgehead atoms. The summed E-state index contributed by atoms with van der Waals surface area (Å²) < 4.78 is 11.7. The zero-order chi connectivity index (χ0) is 27.1. The number of rotatable bonds is 7. The molecule has 8 heteroatoms. The van der Waals surface area contributed by atoms with Gasteiger partial charge < -0.3 is 25.0 Å². The number of hydrogen-bond donors (Lipinski definition) is 2. The Morgan fingerprint density at radius 2 is 1.74 bits per heavy atom. The van der Waals surface area contributed by atoms with Crippen molar-refractivity contribution in [2.24, 2.45) is 11.8 Å². The van der Waals surface area contributed by atoms with Crippen LogP contribution in [0.15, 0.2) is 60.7 Å². The Balaban J connectivity index is 1.31. The van der Waals surface area contributed by atoms with Crippen molar-refractivity contribution in [3.63, 3.8) is 0 Å². The van der Waals surface area contributed by atoms with Crippen LogP contribution in [0.25, 0.3) is 0 Å². The van der Waals surface area contributed by atoms with Crippen LogP contribution in [0.4, 0.5) is 5.69 Å². The van der Waals surface area contributed by atoms with E-state index in [2.05, 4.69) is 10.6 Å². The fourth-order valence-electron chi connectivity index (χ4n) is 6.75. The van der Waals surface area contributed by atoms with Gasteiger partial charge in [0.1, 0.15) is 17.4 Å². The fourth-order valence-corrected chi connectivity index (χ4v) is 6.75. The predicted molar refractivity (Wildman–Crippen MR) is 146 cm³/mol. The summed E-state index contributed by atoms with van der Waals surface area (Å²) in [6, 6.07) is 14.2. The van der Waals surface area contributed by atoms with Crippen LogP contribution < -0.4 is 15.4 Å². The highest BCUT2D eigenvalue weighted by Crippen LogP contribution is 2.55. The van der Waals surface area contributed by atoms with Gasteiger partial charge in [0.2, 0.25) is 17.7 Å². The second-order valence-electron chi connectivity index (χ2n) is 11.2. The fraction of sp³-hybridized carbons (Fsp3) is 0.452. The Morgan fingerprint density at radius 1 is 1.03 bits per heavy atom. The molecule has 3 fully saturated rings. The molecule has 1 spiro atoms. The molecule has 0 radical (unpaired) electrons. The van der Waals surface area contributed by atoms with Crippen molar-refractivity contribution in [2.75, 3.05) is 12.4 Å². The number of benzene rings is 2. The van der Waals surface area contributed by atoms with Gasteiger partial charge in [-0.05, 0) is 49.6 Å². The predicted octanol–water partition coefficient (Wildman–Crippen LogP) is 3.74. The molecule has 8 nitrogen and oxygen atoms in total. The minimum Gasteiger partial charge on any atom is -0.497 e. The molecule has 0 aromatic heterocycles. The van der Waals surface area contributed by atoms with E-state index in [1.165, 1.54) is 6.42 Å². The largest absolute Gasteiger partial charge is 0.497 e. The maximum absolute atomic E-state index is 14.1. The second-order valence-corrected chi connectivity index (χ2v) is 11.2. The summed E-state index contributed by atoms with van der Waals surface area (Å²) in [6.45, 7) is 2.22. The Labute approximate surface area is 228 Å². The molecule has 204 valence electrons. The molecular formula is C31H35N3O5. The number of aryl methyl sites for hydroxylation is 1. The van der Waals surface area contributed by atoms with Gasteiger partial charge in [-0.15, -0.1) is 0 Å². The molecule has 6 rings (SSSR count). The van der Waals surface area contributed by atoms with E-state index in [1.54, 1.807) is 12.0 Å². The van der Waals surface area contributed by atoms with Crippen molar-refractivity contribution < 1.29 is 23.9 Å². The zero-order valence-corrected chi connectivity index (χ0v) is 22.4. The molecule has 0 unspecified atom stereocenters. The first kappa shape index (κ1) is 25.6. The van der Waals surface area contributed by atoms with Crippen LogP contribution in [0.3, 0.4) is 0 Å². The number of hydrogen-bond acceptors (Lipinski definition) is 5. The molecule has 2 aromatic carbocycles. The molecular weight excluding hydrogens is 494 g/mol. The highest BCUT2D eigenvalue weighted by atomic mass is 16.5. The number of carbonyl (C=O) groups is 3. The Bertz CT molecular complexity index is 1280. The third kappa shape index (κ3) is 4.50. The Hall–Kier alpha value is -3.65. The van der Waals surface area contributed by atoms with Crippen molar-refractivity contribution in [1.29, 1.82) is 0 Å². The molecule has 2 saturated heterocycles. The monoisotopic (exact) mass is 529 g/mol. The third-order valence-corrected chi connectivity index (χ3v) is 8.71. The summed E-state index contributed by atoms with van der Waals surface area (Å²) >= 11 is 0. The molecule has 3 heterocycles. The van der Waals surface area contributed by atoms with Crippen LogP contribution in [0.1, 0.15) is 43.2 Å². The van der Waals surface area contributed by atoms with Gasteiger partial charge >= 0.3 is 0 Å². The number of nitrogens with zero attached hydrogens (tertiary/aromatic N) is 1. The lowest BCUT2D eigenvalue weighted by Gasteiger charge is -2.34. The van der Waals surface area contributed by atoms with E-state index in [1.807, 2.05) is 67.6 Å². The minimum absolute atomic E-state index is 0.0860. The molecule has 4 aliphatic rings. The van der Waals surface area contributed by atoms with E-state index in [4.69, 9.17) is 9.47 Å². The summed E-state index contributed by atoms with van der Waals surface area (Å²) in [5.74, 6) is -1.51. The van der Waals surface area contributed by atoms with Crippen LogP contribution in [0, 0.1) is 18.8 Å². The highest BCUT2D eigenvalue weighted by Gasteiger charge is 2.72. The van der Waals surface area contributed by atoms with Gasteiger partial charge in [-0.3, -0.25) is 14.4 Å². The molecule has 5 atom stereocenters. The number of nitrogens with one attached hydrogen (secondary N) is 2. The summed E-state index contributed by atoms with van der Waals surface area (Å²) in [5, 5.41) is 6.20. The van der Waals surface area contributed by atoms with E-state index in [9.17, 15) is 14.4 Å². The van der Waals surface area contributed by atoms with Gasteiger partial charge in [-0.1, -0.05) is 61.2 Å². The Kier molecular flexibility index (Phi) is 6.67. The topological polar surface area (TPSA) is 97.0 Å². The third-order valence-electron chi connectivity index (χ3n) is 8.71. The number of anilines is 1. The van der Waals surface area contributed by atoms with Gasteiger partial charge in [0.05, 0.1) is 25.0 Å². The number of ether oxygens (including phenoxy) is 2. The molecule has 39 heavy (non-hydrogen) atoms. The number of carbonyl (C=O) groups excluding carboxylic acids is 3. The van der Waals surface area contributed by atoms with Crippen molar-refractivity contribution in [1.82, 2.24) is 10.2 Å². The first-order valence-corrected chi connectivity index (χ1v) is 13.9. The lowest BCUT2D eigenvalue weighted by atomic mass is 9.74. The van der Waals surface area contributed by atoms with Crippen molar-refractivity contribution in [3.8, 4) is 5.75 Å². The van der Waals surface area contributed by atoms with Crippen molar-refractivity contribution in [2.45, 2.75) is 69.4 Å². The standard InChI is InChI=1S/C31H35N3O5/c1-19-8-12-22(13-9-19)32-28(35)25-24-16-17-31(39-24)26(25)30(37)34(18-20-10-14-23(38-2)15-11-20)27(31)29(36)33-21-6-4-3-5-7-21/h8-17,21,24-27H,3-7,18H2,1-2H3,(H,32,35)(H,33,36)/t24-,25-,26-,27-,31+/m1/s1. The average molecular weight is 530 g/mol. The normalized spacial score (nSPS) is 29.4. The lowest BCUT2D eigenvalue weighted by Crippen LogP contribution is -2.56. The quantitative estimate of drug-likeness (QED) is 0.533. The molecule has 3 amide bonds. The zero-order valence-electron chi connectivity index (χ0n) is 22.4. The first-order chi connectivity index (χ1) is 18.9. The van der Waals surface area contributed by atoms with Crippen molar-refractivity contribution >= 4 is 23.4 Å². The SMILES string of the molecule is COc1ccc(CN2C(=O)[C@H]3[C@H](C(=O)Nc4ccc(C)cc4)[C@H]4C=C[C@@]3(O4)[C@H]2C(=O)NC2CCCCC2)cc1. The number of fused-ring (bicyclic) bond motifs is 1. The molecule has 1 saturated carbocycles. The second kappa shape index (κ2) is 10.2. The van der Waals surface area contributed by atoms with E-state index >= 15 is 0 Å². The van der Waals surface area contributed by atoms with Gasteiger partial charge in [-0.25, -0.2) is 0 Å². The van der Waals surface area contributed by atoms with E-state index in [0.717, 1.165) is 36.8 Å². The lowest BCUT2D eigenvalue weighted by molar-refractivity contribution is -0.142. The average Bonchev–Trinajstić information content (AvgIpc) is 3.58. The molecule has 2 aromatic rings. The summed E-state index contributed by atoms with van der Waals surface area (Å²) in [5.41, 5.74) is 1.45. The maximum Gasteiger partial charge on any atom is 0.246 e. The van der Waals surface area contributed by atoms with Gasteiger partial charge in [0, 0.05) is 18.3 Å². The summed E-state index contributed by atoms with van der Waals surface area (Å²) in [6.07, 6.45) is 8.35. The first-order valence-electron chi connectivity index (χ1n) is 13.9. The minimum atomic E-state index is -1.18. The summed E-state index contributed by atoms with van der Waals surface area (Å²) in [7, 11) is 1.60. The molecule has 1 aliphatic carbocycles. The van der Waals surface area contributed by atoms with Crippen LogP contribution in [0.2, 0.25) is 0 Å². The number of likely N-dealkylation sites (tertiary alicyclic amines) is 1. The Morgan fingerprint density at radius 3 is 2.44 bits per heavy atom. The number of methoxy groups -OCH3 is 1. The smallest absolute Gasteiger partial charge is 0.246 e. The molecule has 3 aliphatic heterocycles. The highest BCUT2D eigenvalue weighted by molar-refractivity contribution is 6.02. The summed E-state index contributed by atoms with van der Waals surface area (Å²) in [4.78, 5) is 43.3. The van der Waals surface area contributed by atoms with Gasteiger partial charge in [0.25, 0.3) is 0 Å². The van der Waals surface area contributed by atoms with Crippen LogP contribution in [0.5, 0.6) is 5.75 Å². The van der Waals surface area contributed by atoms with Gasteiger partial charge in [0.15, 0.2) is 0 Å². The van der Waals surface area contributed by atoms with Crippen LogP contribution in [-0.4, -0.2) is 53.5 Å². The van der Waals surface area contributed by atoms with Crippen molar-refractivity contribution in [3.05, 3.63) is 71.8 Å². The van der Waals surface area contributed by atoms with E-state index in [-0.39, 0.29) is 30.3 Å². The molecule has 2 N–H and O–H groups in total. The van der Waals surface area contributed by atoms with Crippen LogP contribution in [-0.2, 0) is 25.7 Å². The van der Waals surface area contributed by atoms with E-state index in [0.29, 0.717) is 11.4 Å².